The second-order valence-electron chi connectivity index (χ2n) is 2.66. The van der Waals surface area contributed by atoms with Crippen LogP contribution in [0.3, 0.4) is 0 Å². The zero-order chi connectivity index (χ0) is 11.6. The fourth-order valence-corrected chi connectivity index (χ4v) is 1.11. The van der Waals surface area contributed by atoms with Gasteiger partial charge >= 0.3 is 13.3 Å². The van der Waals surface area contributed by atoms with Crippen LogP contribution in [0.2, 0.25) is 0 Å². The van der Waals surface area contributed by atoms with Crippen LogP contribution in [0.4, 0.5) is 13.2 Å². The van der Waals surface area contributed by atoms with Crippen molar-refractivity contribution >= 4 is 12.6 Å². The van der Waals surface area contributed by atoms with Gasteiger partial charge in [0.25, 0.3) is 0 Å². The molecular weight excluding hydrogens is 214 g/mol. The molecule has 0 aliphatic heterocycles. The number of methoxy groups -OCH3 is 1. The summed E-state index contributed by atoms with van der Waals surface area (Å²) in [5.74, 6) is -0.687. The smallest absolute Gasteiger partial charge is 0.481 e. The third-order valence-electron chi connectivity index (χ3n) is 1.70. The first kappa shape index (κ1) is 11.8. The fraction of sp³-hybridized carbons (Fsp3) is 0.286. The van der Waals surface area contributed by atoms with E-state index in [4.69, 9.17) is 10.0 Å². The number of ether oxygens (including phenoxy) is 1. The van der Waals surface area contributed by atoms with Gasteiger partial charge in [0.05, 0.1) is 7.11 Å². The molecule has 8 heteroatoms. The van der Waals surface area contributed by atoms with Crippen LogP contribution < -0.4 is 10.2 Å². The number of hydrogen-bond donors (Lipinski definition) is 2. The van der Waals surface area contributed by atoms with E-state index >= 15 is 0 Å². The van der Waals surface area contributed by atoms with Crippen LogP contribution in [0, 0.1) is 0 Å². The summed E-state index contributed by atoms with van der Waals surface area (Å²) in [5, 5.41) is 17.5. The first-order valence-corrected chi connectivity index (χ1v) is 3.84. The topological polar surface area (TPSA) is 62.6 Å². The SMILES string of the molecule is COc1nccc(B(O)O)c1C(F)(F)F. The van der Waals surface area contributed by atoms with Crippen molar-refractivity contribution in [2.45, 2.75) is 6.18 Å². The maximum absolute atomic E-state index is 12.5. The van der Waals surface area contributed by atoms with E-state index in [0.717, 1.165) is 19.4 Å². The van der Waals surface area contributed by atoms with E-state index in [2.05, 4.69) is 9.72 Å². The highest BCUT2D eigenvalue weighted by Gasteiger charge is 2.40. The zero-order valence-corrected chi connectivity index (χ0v) is 7.62. The second-order valence-corrected chi connectivity index (χ2v) is 2.66. The summed E-state index contributed by atoms with van der Waals surface area (Å²) in [4.78, 5) is 3.34. The second kappa shape index (κ2) is 4.07. The van der Waals surface area contributed by atoms with E-state index in [1.807, 2.05) is 0 Å². The van der Waals surface area contributed by atoms with E-state index in [9.17, 15) is 13.2 Å². The molecule has 1 rings (SSSR count). The van der Waals surface area contributed by atoms with Gasteiger partial charge in [-0.15, -0.1) is 0 Å². The molecule has 0 aliphatic rings. The van der Waals surface area contributed by atoms with E-state index < -0.39 is 30.2 Å². The van der Waals surface area contributed by atoms with Gasteiger partial charge in [-0.25, -0.2) is 4.98 Å². The van der Waals surface area contributed by atoms with Crippen molar-refractivity contribution in [2.75, 3.05) is 7.11 Å². The lowest BCUT2D eigenvalue weighted by Gasteiger charge is -2.14. The number of aromatic nitrogens is 1. The zero-order valence-electron chi connectivity index (χ0n) is 7.62. The fourth-order valence-electron chi connectivity index (χ4n) is 1.11. The molecule has 1 heterocycles. The molecule has 0 spiro atoms. The molecule has 1 aromatic heterocycles. The molecule has 2 N–H and O–H groups in total. The lowest BCUT2D eigenvalue weighted by atomic mass is 9.77. The molecule has 0 radical (unpaired) electrons. The van der Waals surface area contributed by atoms with Crippen molar-refractivity contribution in [1.29, 1.82) is 0 Å². The van der Waals surface area contributed by atoms with Crippen molar-refractivity contribution in [3.8, 4) is 5.88 Å². The number of nitrogens with zero attached hydrogens (tertiary/aromatic N) is 1. The standard InChI is InChI=1S/C7H7BF3NO3/c1-15-6-5(7(9,10)11)4(8(13)14)2-3-12-6/h2-3,13-14H,1H3. The summed E-state index contributed by atoms with van der Waals surface area (Å²) in [5.41, 5.74) is -1.96. The van der Waals surface area contributed by atoms with E-state index in [0.29, 0.717) is 0 Å². The van der Waals surface area contributed by atoms with E-state index in [1.54, 1.807) is 0 Å². The van der Waals surface area contributed by atoms with Crippen molar-refractivity contribution in [3.63, 3.8) is 0 Å². The maximum atomic E-state index is 12.5. The molecule has 1 aromatic rings. The number of rotatable bonds is 2. The Bertz CT molecular complexity index is 356. The Balaban J connectivity index is 3.41. The molecule has 0 saturated carbocycles. The molecule has 82 valence electrons. The summed E-state index contributed by atoms with van der Waals surface area (Å²) in [6, 6.07) is 0.871. The third-order valence-corrected chi connectivity index (χ3v) is 1.70. The third kappa shape index (κ3) is 2.39. The summed E-state index contributed by atoms with van der Waals surface area (Å²) >= 11 is 0. The summed E-state index contributed by atoms with van der Waals surface area (Å²) in [6.07, 6.45) is -3.75. The van der Waals surface area contributed by atoms with Crippen LogP contribution in [0.1, 0.15) is 5.56 Å². The monoisotopic (exact) mass is 221 g/mol. The number of hydrogen-bond acceptors (Lipinski definition) is 4. The Kier molecular flexibility index (Phi) is 3.20. The highest BCUT2D eigenvalue weighted by molar-refractivity contribution is 6.59. The van der Waals surface area contributed by atoms with Crippen molar-refractivity contribution in [3.05, 3.63) is 17.8 Å². The Labute approximate surface area is 83.5 Å². The molecule has 0 bridgehead atoms. The van der Waals surface area contributed by atoms with Gasteiger partial charge in [0.15, 0.2) is 0 Å². The summed E-state index contributed by atoms with van der Waals surface area (Å²) in [6.45, 7) is 0. The predicted octanol–water partition coefficient (Wildman–Crippen LogP) is -0.211. The Hall–Kier alpha value is -1.28. The number of pyridine rings is 1. The summed E-state index contributed by atoms with van der Waals surface area (Å²) in [7, 11) is -1.20. The van der Waals surface area contributed by atoms with Crippen molar-refractivity contribution < 1.29 is 28.0 Å². The number of alkyl halides is 3. The average molecular weight is 221 g/mol. The molecule has 0 aliphatic carbocycles. The molecule has 0 fully saturated rings. The Morgan fingerprint density at radius 3 is 2.40 bits per heavy atom. The van der Waals surface area contributed by atoms with Gasteiger partial charge in [0, 0.05) is 11.7 Å². The Morgan fingerprint density at radius 1 is 1.40 bits per heavy atom. The lowest BCUT2D eigenvalue weighted by Crippen LogP contribution is -2.36. The first-order chi connectivity index (χ1) is 6.88. The van der Waals surface area contributed by atoms with Crippen LogP contribution in [-0.4, -0.2) is 29.3 Å². The quantitative estimate of drug-likeness (QED) is 0.678. The molecule has 0 amide bonds. The van der Waals surface area contributed by atoms with Crippen molar-refractivity contribution in [2.24, 2.45) is 0 Å². The van der Waals surface area contributed by atoms with Gasteiger partial charge in [-0.2, -0.15) is 13.2 Å². The van der Waals surface area contributed by atoms with E-state index in [1.165, 1.54) is 0 Å². The van der Waals surface area contributed by atoms with Crippen molar-refractivity contribution in [1.82, 2.24) is 4.98 Å². The van der Waals surface area contributed by atoms with Gasteiger partial charge in [-0.1, -0.05) is 0 Å². The molecule has 0 saturated heterocycles. The minimum absolute atomic E-state index is 0.686. The predicted molar refractivity (Wildman–Crippen MR) is 45.6 cm³/mol. The minimum Gasteiger partial charge on any atom is -0.481 e. The summed E-state index contributed by atoms with van der Waals surface area (Å²) < 4.78 is 42.0. The Morgan fingerprint density at radius 2 is 2.00 bits per heavy atom. The van der Waals surface area contributed by atoms with Crippen LogP contribution in [0.15, 0.2) is 12.3 Å². The van der Waals surface area contributed by atoms with Gasteiger partial charge < -0.3 is 14.8 Å². The van der Waals surface area contributed by atoms with Crippen LogP contribution in [-0.2, 0) is 6.18 Å². The molecule has 0 unspecified atom stereocenters. The molecule has 0 aromatic carbocycles. The molecule has 15 heavy (non-hydrogen) atoms. The normalized spacial score (nSPS) is 11.3. The highest BCUT2D eigenvalue weighted by atomic mass is 19.4. The van der Waals surface area contributed by atoms with E-state index in [-0.39, 0.29) is 0 Å². The van der Waals surface area contributed by atoms with Gasteiger partial charge in [-0.05, 0) is 6.07 Å². The van der Waals surface area contributed by atoms with Gasteiger partial charge in [0.2, 0.25) is 5.88 Å². The lowest BCUT2D eigenvalue weighted by molar-refractivity contribution is -0.138. The first-order valence-electron chi connectivity index (χ1n) is 3.84. The minimum atomic E-state index is -4.75. The van der Waals surface area contributed by atoms with Crippen LogP contribution in [0.5, 0.6) is 5.88 Å². The number of halogens is 3. The average Bonchev–Trinajstić information content (AvgIpc) is 2.15. The van der Waals surface area contributed by atoms with Crippen LogP contribution in [0.25, 0.3) is 0 Å². The van der Waals surface area contributed by atoms with Gasteiger partial charge in [0.1, 0.15) is 5.56 Å². The molecule has 0 atom stereocenters. The highest BCUT2D eigenvalue weighted by Crippen LogP contribution is 2.33. The maximum Gasteiger partial charge on any atom is 0.489 e. The largest absolute Gasteiger partial charge is 0.489 e. The molecule has 4 nitrogen and oxygen atoms in total. The molecular formula is C7H7BF3NO3. The van der Waals surface area contributed by atoms with Crippen LogP contribution >= 0.6 is 0 Å². The van der Waals surface area contributed by atoms with Gasteiger partial charge in [-0.3, -0.25) is 0 Å².